The first kappa shape index (κ1) is 12.5. The summed E-state index contributed by atoms with van der Waals surface area (Å²) >= 11 is 0. The van der Waals surface area contributed by atoms with Crippen LogP contribution < -0.4 is 5.73 Å². The standard InChI is InChI=1S/C10H17N3O3/c1-3-7(14)6-13-9(11)8(5-12-13)10(15)16-4-2/h5,7,14H,3-4,6,11H2,1-2H3. The highest BCUT2D eigenvalue weighted by Crippen LogP contribution is 2.13. The van der Waals surface area contributed by atoms with Crippen molar-refractivity contribution in [1.82, 2.24) is 9.78 Å². The van der Waals surface area contributed by atoms with E-state index in [4.69, 9.17) is 10.5 Å². The average molecular weight is 227 g/mol. The second-order valence-electron chi connectivity index (χ2n) is 3.41. The van der Waals surface area contributed by atoms with Crippen molar-refractivity contribution in [1.29, 1.82) is 0 Å². The lowest BCUT2D eigenvalue weighted by Crippen LogP contribution is -2.18. The molecule has 0 spiro atoms. The van der Waals surface area contributed by atoms with Gasteiger partial charge in [-0.05, 0) is 13.3 Å². The number of anilines is 1. The van der Waals surface area contributed by atoms with Gasteiger partial charge in [0, 0.05) is 0 Å². The normalized spacial score (nSPS) is 12.4. The van der Waals surface area contributed by atoms with Gasteiger partial charge in [0.1, 0.15) is 11.4 Å². The molecule has 16 heavy (non-hydrogen) atoms. The molecule has 1 aromatic heterocycles. The molecule has 6 heteroatoms. The van der Waals surface area contributed by atoms with E-state index in [-0.39, 0.29) is 17.9 Å². The SMILES string of the molecule is CCOC(=O)c1cnn(CC(O)CC)c1N. The van der Waals surface area contributed by atoms with Gasteiger partial charge < -0.3 is 15.6 Å². The number of aliphatic hydroxyl groups excluding tert-OH is 1. The van der Waals surface area contributed by atoms with E-state index in [1.807, 2.05) is 6.92 Å². The summed E-state index contributed by atoms with van der Waals surface area (Å²) in [5, 5.41) is 13.4. The number of carbonyl (C=O) groups excluding carboxylic acids is 1. The lowest BCUT2D eigenvalue weighted by atomic mass is 10.3. The largest absolute Gasteiger partial charge is 0.462 e. The van der Waals surface area contributed by atoms with Crippen LogP contribution in [0.2, 0.25) is 0 Å². The van der Waals surface area contributed by atoms with E-state index in [1.165, 1.54) is 10.9 Å². The summed E-state index contributed by atoms with van der Waals surface area (Å²) in [5.74, 6) is -0.261. The third kappa shape index (κ3) is 2.73. The molecular weight excluding hydrogens is 210 g/mol. The van der Waals surface area contributed by atoms with E-state index in [9.17, 15) is 9.90 Å². The Morgan fingerprint density at radius 3 is 2.94 bits per heavy atom. The van der Waals surface area contributed by atoms with Gasteiger partial charge in [-0.2, -0.15) is 5.10 Å². The maximum atomic E-state index is 11.4. The van der Waals surface area contributed by atoms with Crippen LogP contribution in [0.1, 0.15) is 30.6 Å². The number of carbonyl (C=O) groups is 1. The summed E-state index contributed by atoms with van der Waals surface area (Å²) in [4.78, 5) is 11.4. The molecule has 1 atom stereocenters. The van der Waals surface area contributed by atoms with Crippen LogP contribution in [-0.4, -0.2) is 33.6 Å². The number of rotatable bonds is 5. The molecule has 1 heterocycles. The van der Waals surface area contributed by atoms with Gasteiger partial charge in [0.15, 0.2) is 0 Å². The molecule has 90 valence electrons. The number of nitrogens with zero attached hydrogens (tertiary/aromatic N) is 2. The first-order valence-electron chi connectivity index (χ1n) is 5.26. The van der Waals surface area contributed by atoms with E-state index in [2.05, 4.69) is 5.10 Å². The predicted molar refractivity (Wildman–Crippen MR) is 58.9 cm³/mol. The number of esters is 1. The highest BCUT2D eigenvalue weighted by atomic mass is 16.5. The molecule has 3 N–H and O–H groups in total. The zero-order valence-electron chi connectivity index (χ0n) is 9.51. The number of aromatic nitrogens is 2. The fraction of sp³-hybridized carbons (Fsp3) is 0.600. The molecule has 1 unspecified atom stereocenters. The van der Waals surface area contributed by atoms with Crippen LogP contribution in [0, 0.1) is 0 Å². The van der Waals surface area contributed by atoms with Crippen molar-refractivity contribution in [2.24, 2.45) is 0 Å². The highest BCUT2D eigenvalue weighted by Gasteiger charge is 2.17. The van der Waals surface area contributed by atoms with Gasteiger partial charge in [0.2, 0.25) is 0 Å². The zero-order chi connectivity index (χ0) is 12.1. The van der Waals surface area contributed by atoms with Gasteiger partial charge in [-0.25, -0.2) is 9.48 Å². The number of nitrogens with two attached hydrogens (primary N) is 1. The minimum atomic E-state index is -0.516. The summed E-state index contributed by atoms with van der Waals surface area (Å²) < 4.78 is 6.22. The Hall–Kier alpha value is -1.56. The molecule has 6 nitrogen and oxygen atoms in total. The molecule has 0 saturated heterocycles. The first-order valence-corrected chi connectivity index (χ1v) is 5.26. The van der Waals surface area contributed by atoms with Crippen LogP contribution in [-0.2, 0) is 11.3 Å². The smallest absolute Gasteiger partial charge is 0.343 e. The molecule has 0 saturated carbocycles. The molecular formula is C10H17N3O3. The molecule has 0 aromatic carbocycles. The topological polar surface area (TPSA) is 90.4 Å². The summed E-state index contributed by atoms with van der Waals surface area (Å²) in [6.07, 6.45) is 1.45. The maximum absolute atomic E-state index is 11.4. The van der Waals surface area contributed by atoms with Gasteiger partial charge in [0.05, 0.1) is 25.5 Å². The molecule has 1 rings (SSSR count). The minimum Gasteiger partial charge on any atom is -0.462 e. The molecule has 1 aromatic rings. The predicted octanol–water partition coefficient (Wildman–Crippen LogP) is 0.413. The van der Waals surface area contributed by atoms with Crippen molar-refractivity contribution in [3.05, 3.63) is 11.8 Å². The van der Waals surface area contributed by atoms with E-state index < -0.39 is 12.1 Å². The Morgan fingerprint density at radius 2 is 2.38 bits per heavy atom. The van der Waals surface area contributed by atoms with Gasteiger partial charge in [-0.1, -0.05) is 6.92 Å². The van der Waals surface area contributed by atoms with Crippen molar-refractivity contribution in [3.8, 4) is 0 Å². The fourth-order valence-electron chi connectivity index (χ4n) is 1.24. The highest BCUT2D eigenvalue weighted by molar-refractivity contribution is 5.93. The summed E-state index contributed by atoms with van der Waals surface area (Å²) in [6, 6.07) is 0. The number of hydrogen-bond donors (Lipinski definition) is 2. The second-order valence-corrected chi connectivity index (χ2v) is 3.41. The zero-order valence-corrected chi connectivity index (χ0v) is 9.51. The third-order valence-corrected chi connectivity index (χ3v) is 2.23. The maximum Gasteiger partial charge on any atom is 0.343 e. The minimum absolute atomic E-state index is 0.228. The molecule has 0 aliphatic carbocycles. The van der Waals surface area contributed by atoms with Gasteiger partial charge >= 0.3 is 5.97 Å². The lowest BCUT2D eigenvalue weighted by Gasteiger charge is -2.09. The second kappa shape index (κ2) is 5.50. The van der Waals surface area contributed by atoms with Crippen LogP contribution in [0.25, 0.3) is 0 Å². The van der Waals surface area contributed by atoms with E-state index in [0.717, 1.165) is 0 Å². The molecule has 0 aliphatic rings. The first-order chi connectivity index (χ1) is 7.60. The van der Waals surface area contributed by atoms with Crippen molar-refractivity contribution in [3.63, 3.8) is 0 Å². The Bertz CT molecular complexity index is 362. The van der Waals surface area contributed by atoms with Gasteiger partial charge in [0.25, 0.3) is 0 Å². The number of nitrogen functional groups attached to an aromatic ring is 1. The van der Waals surface area contributed by atoms with Crippen molar-refractivity contribution in [2.45, 2.75) is 32.9 Å². The van der Waals surface area contributed by atoms with E-state index in [1.54, 1.807) is 6.92 Å². The summed E-state index contributed by atoms with van der Waals surface area (Å²) in [5.41, 5.74) is 5.97. The van der Waals surface area contributed by atoms with Crippen LogP contribution >= 0.6 is 0 Å². The third-order valence-electron chi connectivity index (χ3n) is 2.23. The molecule has 0 bridgehead atoms. The van der Waals surface area contributed by atoms with Crippen LogP contribution in [0.4, 0.5) is 5.82 Å². The van der Waals surface area contributed by atoms with Gasteiger partial charge in [-0.15, -0.1) is 0 Å². The number of hydrogen-bond acceptors (Lipinski definition) is 5. The van der Waals surface area contributed by atoms with Crippen LogP contribution in [0.5, 0.6) is 0 Å². The Labute approximate surface area is 94.0 Å². The summed E-state index contributed by atoms with van der Waals surface area (Å²) in [6.45, 7) is 4.15. The Morgan fingerprint density at radius 1 is 1.69 bits per heavy atom. The Balaban J connectivity index is 2.79. The van der Waals surface area contributed by atoms with Crippen molar-refractivity contribution >= 4 is 11.8 Å². The number of ether oxygens (including phenoxy) is 1. The lowest BCUT2D eigenvalue weighted by molar-refractivity contribution is 0.0527. The molecule has 0 amide bonds. The number of aliphatic hydroxyl groups is 1. The van der Waals surface area contributed by atoms with Crippen molar-refractivity contribution in [2.75, 3.05) is 12.3 Å². The molecule has 0 aliphatic heterocycles. The Kier molecular flexibility index (Phi) is 4.30. The molecule has 0 fully saturated rings. The fourth-order valence-corrected chi connectivity index (χ4v) is 1.24. The van der Waals surface area contributed by atoms with E-state index >= 15 is 0 Å². The summed E-state index contributed by atoms with van der Waals surface area (Å²) in [7, 11) is 0. The average Bonchev–Trinajstić information content (AvgIpc) is 2.61. The van der Waals surface area contributed by atoms with Gasteiger partial charge in [-0.3, -0.25) is 0 Å². The van der Waals surface area contributed by atoms with Crippen molar-refractivity contribution < 1.29 is 14.6 Å². The van der Waals surface area contributed by atoms with E-state index in [0.29, 0.717) is 13.0 Å². The van der Waals surface area contributed by atoms with Crippen LogP contribution in [0.15, 0.2) is 6.20 Å². The van der Waals surface area contributed by atoms with Crippen LogP contribution in [0.3, 0.4) is 0 Å². The quantitative estimate of drug-likeness (QED) is 0.711. The molecule has 0 radical (unpaired) electrons. The monoisotopic (exact) mass is 227 g/mol.